The predicted molar refractivity (Wildman–Crippen MR) is 69.4 cm³/mol. The highest BCUT2D eigenvalue weighted by molar-refractivity contribution is 5.35. The van der Waals surface area contributed by atoms with Gasteiger partial charge in [0, 0.05) is 5.56 Å². The van der Waals surface area contributed by atoms with Gasteiger partial charge in [-0.1, -0.05) is 31.4 Å². The molecule has 1 fully saturated rings. The fraction of sp³-hybridized carbons (Fsp3) is 0.500. The summed E-state index contributed by atoms with van der Waals surface area (Å²) in [4.78, 5) is 0. The average Bonchev–Trinajstić information content (AvgIpc) is 2.39. The van der Waals surface area contributed by atoms with Gasteiger partial charge in [-0.2, -0.15) is 0 Å². The third-order valence-corrected chi connectivity index (χ3v) is 3.97. The van der Waals surface area contributed by atoms with Crippen LogP contribution in [0.15, 0.2) is 24.3 Å². The van der Waals surface area contributed by atoms with E-state index >= 15 is 0 Å². The molecule has 0 saturated heterocycles. The summed E-state index contributed by atoms with van der Waals surface area (Å²) < 4.78 is 0. The molecule has 0 heteroatoms. The zero-order chi connectivity index (χ0) is 11.4. The molecule has 1 aliphatic carbocycles. The number of benzene rings is 1. The van der Waals surface area contributed by atoms with Crippen molar-refractivity contribution in [3.8, 4) is 12.3 Å². The van der Waals surface area contributed by atoms with E-state index in [1.54, 1.807) is 0 Å². The second-order valence-corrected chi connectivity index (χ2v) is 4.89. The predicted octanol–water partition coefficient (Wildman–Crippen LogP) is 4.35. The van der Waals surface area contributed by atoms with Gasteiger partial charge in [-0.15, -0.1) is 6.42 Å². The van der Waals surface area contributed by atoms with Crippen LogP contribution >= 0.6 is 0 Å². The van der Waals surface area contributed by atoms with Gasteiger partial charge in [0.25, 0.3) is 0 Å². The van der Waals surface area contributed by atoms with Crippen molar-refractivity contribution in [2.75, 3.05) is 0 Å². The Hall–Kier alpha value is -1.22. The monoisotopic (exact) mass is 212 g/mol. The summed E-state index contributed by atoms with van der Waals surface area (Å²) >= 11 is 0. The minimum Gasteiger partial charge on any atom is -0.115 e. The second-order valence-electron chi connectivity index (χ2n) is 4.89. The Morgan fingerprint density at radius 2 is 1.75 bits per heavy atom. The summed E-state index contributed by atoms with van der Waals surface area (Å²) in [6, 6.07) is 8.57. The molecule has 84 valence electrons. The minimum atomic E-state index is 0.773. The van der Waals surface area contributed by atoms with Crippen LogP contribution in [0.4, 0.5) is 0 Å². The van der Waals surface area contributed by atoms with Crippen LogP contribution in [-0.2, 0) is 0 Å². The molecule has 0 aromatic heterocycles. The molecule has 0 nitrogen and oxygen atoms in total. The van der Waals surface area contributed by atoms with Crippen molar-refractivity contribution >= 4 is 0 Å². The van der Waals surface area contributed by atoms with Gasteiger partial charge in [0.05, 0.1) is 0 Å². The lowest BCUT2D eigenvalue weighted by Gasteiger charge is -2.28. The molecule has 16 heavy (non-hydrogen) atoms. The topological polar surface area (TPSA) is 0 Å². The Morgan fingerprint density at radius 1 is 1.12 bits per heavy atom. The molecule has 0 bridgehead atoms. The Labute approximate surface area is 99.1 Å². The lowest BCUT2D eigenvalue weighted by molar-refractivity contribution is 0.319. The van der Waals surface area contributed by atoms with Gasteiger partial charge in [0.1, 0.15) is 0 Å². The van der Waals surface area contributed by atoms with Crippen molar-refractivity contribution < 1.29 is 0 Å². The first-order chi connectivity index (χ1) is 7.83. The highest BCUT2D eigenvalue weighted by Gasteiger charge is 2.20. The molecule has 1 aromatic rings. The zero-order valence-corrected chi connectivity index (χ0v) is 10.1. The van der Waals surface area contributed by atoms with Gasteiger partial charge in [0.2, 0.25) is 0 Å². The van der Waals surface area contributed by atoms with E-state index in [0.717, 1.165) is 17.4 Å². The molecule has 0 N–H and O–H groups in total. The molecule has 1 saturated carbocycles. The quantitative estimate of drug-likeness (QED) is 0.639. The van der Waals surface area contributed by atoms with E-state index in [4.69, 9.17) is 6.42 Å². The summed E-state index contributed by atoms with van der Waals surface area (Å²) in [6.45, 7) is 2.31. The number of rotatable bonds is 2. The molecule has 0 atom stereocenters. The van der Waals surface area contributed by atoms with Gasteiger partial charge in [0.15, 0.2) is 0 Å². The van der Waals surface area contributed by atoms with Crippen LogP contribution in [-0.4, -0.2) is 0 Å². The maximum atomic E-state index is 5.36. The van der Waals surface area contributed by atoms with Crippen LogP contribution in [0.5, 0.6) is 0 Å². The Kier molecular flexibility index (Phi) is 3.67. The van der Waals surface area contributed by atoms with E-state index in [9.17, 15) is 0 Å². The van der Waals surface area contributed by atoms with E-state index in [-0.39, 0.29) is 0 Å². The smallest absolute Gasteiger partial charge is 0.0242 e. The van der Waals surface area contributed by atoms with E-state index in [2.05, 4.69) is 37.1 Å². The van der Waals surface area contributed by atoms with E-state index in [1.807, 2.05) is 0 Å². The summed E-state index contributed by atoms with van der Waals surface area (Å²) in [7, 11) is 0. The molecule has 2 rings (SSSR count). The van der Waals surface area contributed by atoms with Crippen molar-refractivity contribution in [1.29, 1.82) is 0 Å². The standard InChI is InChI=1S/C16H20/c1-3-13-5-9-15(10-6-13)16-11-7-14(4-2)8-12-16/h1,5-6,9-10,14,16H,4,7-8,11-12H2,2H3. The van der Waals surface area contributed by atoms with E-state index in [0.29, 0.717) is 0 Å². The highest BCUT2D eigenvalue weighted by atomic mass is 14.3. The number of terminal acetylenes is 1. The molecule has 1 aromatic carbocycles. The fourth-order valence-electron chi connectivity index (χ4n) is 2.76. The first kappa shape index (κ1) is 11.3. The Morgan fingerprint density at radius 3 is 2.25 bits per heavy atom. The molecule has 0 spiro atoms. The van der Waals surface area contributed by atoms with Gasteiger partial charge in [-0.3, -0.25) is 0 Å². The van der Waals surface area contributed by atoms with Crippen molar-refractivity contribution in [3.05, 3.63) is 35.4 Å². The Balaban J connectivity index is 2.00. The maximum Gasteiger partial charge on any atom is 0.0242 e. The molecule has 0 amide bonds. The van der Waals surface area contributed by atoms with Gasteiger partial charge >= 0.3 is 0 Å². The maximum absolute atomic E-state index is 5.36. The highest BCUT2D eigenvalue weighted by Crippen LogP contribution is 2.36. The zero-order valence-electron chi connectivity index (χ0n) is 10.1. The Bertz CT molecular complexity index is 358. The van der Waals surface area contributed by atoms with E-state index in [1.165, 1.54) is 37.7 Å². The average molecular weight is 212 g/mol. The molecule has 1 aliphatic rings. The minimum absolute atomic E-state index is 0.773. The molecule has 0 aliphatic heterocycles. The van der Waals surface area contributed by atoms with Crippen LogP contribution in [0, 0.1) is 18.3 Å². The van der Waals surface area contributed by atoms with Gasteiger partial charge in [-0.25, -0.2) is 0 Å². The number of hydrogen-bond donors (Lipinski definition) is 0. The van der Waals surface area contributed by atoms with Crippen molar-refractivity contribution in [3.63, 3.8) is 0 Å². The molecular weight excluding hydrogens is 192 g/mol. The fourth-order valence-corrected chi connectivity index (χ4v) is 2.76. The molecular formula is C16H20. The normalized spacial score (nSPS) is 25.0. The van der Waals surface area contributed by atoms with Crippen LogP contribution in [0.1, 0.15) is 56.1 Å². The second kappa shape index (κ2) is 5.21. The summed E-state index contributed by atoms with van der Waals surface area (Å²) in [5, 5.41) is 0. The molecule has 0 heterocycles. The summed E-state index contributed by atoms with van der Waals surface area (Å²) in [5.41, 5.74) is 2.47. The number of hydrogen-bond acceptors (Lipinski definition) is 0. The first-order valence-corrected chi connectivity index (χ1v) is 6.40. The SMILES string of the molecule is C#Cc1ccc(C2CCC(CC)CC2)cc1. The van der Waals surface area contributed by atoms with Crippen molar-refractivity contribution in [2.24, 2.45) is 5.92 Å². The van der Waals surface area contributed by atoms with E-state index < -0.39 is 0 Å². The van der Waals surface area contributed by atoms with Crippen LogP contribution in [0.2, 0.25) is 0 Å². The van der Waals surface area contributed by atoms with Gasteiger partial charge < -0.3 is 0 Å². The largest absolute Gasteiger partial charge is 0.115 e. The third kappa shape index (κ3) is 2.47. The molecule has 0 unspecified atom stereocenters. The molecule has 0 radical (unpaired) electrons. The lowest BCUT2D eigenvalue weighted by atomic mass is 9.78. The van der Waals surface area contributed by atoms with Crippen molar-refractivity contribution in [1.82, 2.24) is 0 Å². The first-order valence-electron chi connectivity index (χ1n) is 6.40. The van der Waals surface area contributed by atoms with Crippen molar-refractivity contribution in [2.45, 2.75) is 44.9 Å². The summed E-state index contributed by atoms with van der Waals surface area (Å²) in [5.74, 6) is 4.42. The van der Waals surface area contributed by atoms with Crippen LogP contribution < -0.4 is 0 Å². The van der Waals surface area contributed by atoms with Crippen LogP contribution in [0.3, 0.4) is 0 Å². The van der Waals surface area contributed by atoms with Gasteiger partial charge in [-0.05, 0) is 55.2 Å². The van der Waals surface area contributed by atoms with Crippen LogP contribution in [0.25, 0.3) is 0 Å². The lowest BCUT2D eigenvalue weighted by Crippen LogP contribution is -2.12. The summed E-state index contributed by atoms with van der Waals surface area (Å²) in [6.07, 6.45) is 12.2. The third-order valence-electron chi connectivity index (χ3n) is 3.97.